The van der Waals surface area contributed by atoms with Gasteiger partial charge in [-0.05, 0) is 42.8 Å². The number of nitrogens with two attached hydrogens (primary N) is 1. The zero-order valence-corrected chi connectivity index (χ0v) is 9.87. The van der Waals surface area contributed by atoms with Crippen LogP contribution in [0.3, 0.4) is 0 Å². The van der Waals surface area contributed by atoms with Crippen LogP contribution in [0.2, 0.25) is 0 Å². The van der Waals surface area contributed by atoms with Crippen LogP contribution in [0.25, 0.3) is 0 Å². The number of nitriles is 1. The Labute approximate surface area is 105 Å². The molecule has 0 heterocycles. The molecule has 0 unspecified atom stereocenters. The third kappa shape index (κ3) is 2.41. The van der Waals surface area contributed by atoms with Crippen molar-refractivity contribution >= 4 is 17.1 Å². The molecule has 0 spiro atoms. The monoisotopic (exact) mass is 241 g/mol. The van der Waals surface area contributed by atoms with Gasteiger partial charge in [0.05, 0.1) is 23.0 Å². The fraction of sp³-hybridized carbons (Fsp3) is 0.0714. The van der Waals surface area contributed by atoms with Crippen molar-refractivity contribution in [1.29, 1.82) is 5.26 Å². The van der Waals surface area contributed by atoms with Crippen molar-refractivity contribution in [1.82, 2.24) is 0 Å². The summed E-state index contributed by atoms with van der Waals surface area (Å²) in [7, 11) is 0. The van der Waals surface area contributed by atoms with Crippen LogP contribution < -0.4 is 11.1 Å². The minimum absolute atomic E-state index is 0.321. The number of halogens is 1. The predicted molar refractivity (Wildman–Crippen MR) is 70.0 cm³/mol. The van der Waals surface area contributed by atoms with Crippen LogP contribution in [0.1, 0.15) is 11.1 Å². The second-order valence-corrected chi connectivity index (χ2v) is 4.00. The van der Waals surface area contributed by atoms with Gasteiger partial charge in [-0.25, -0.2) is 4.39 Å². The minimum atomic E-state index is -0.321. The second kappa shape index (κ2) is 4.76. The molecule has 0 fully saturated rings. The summed E-state index contributed by atoms with van der Waals surface area (Å²) >= 11 is 0. The predicted octanol–water partition coefficient (Wildman–Crippen LogP) is 3.33. The van der Waals surface area contributed by atoms with Gasteiger partial charge in [-0.15, -0.1) is 0 Å². The number of hydrogen-bond acceptors (Lipinski definition) is 3. The highest BCUT2D eigenvalue weighted by Gasteiger charge is 2.05. The molecule has 2 aromatic carbocycles. The highest BCUT2D eigenvalue weighted by Crippen LogP contribution is 2.26. The van der Waals surface area contributed by atoms with Gasteiger partial charge in [0, 0.05) is 5.69 Å². The molecule has 2 rings (SSSR count). The quantitative estimate of drug-likeness (QED) is 0.793. The number of aryl methyl sites for hydroxylation is 1. The smallest absolute Gasteiger partial charge is 0.125 e. The zero-order valence-electron chi connectivity index (χ0n) is 9.87. The van der Waals surface area contributed by atoms with E-state index in [9.17, 15) is 4.39 Å². The van der Waals surface area contributed by atoms with Gasteiger partial charge in [0.25, 0.3) is 0 Å². The molecule has 0 radical (unpaired) electrons. The molecule has 0 bridgehead atoms. The number of hydrogen-bond donors (Lipinski definition) is 2. The van der Waals surface area contributed by atoms with E-state index < -0.39 is 0 Å². The van der Waals surface area contributed by atoms with Gasteiger partial charge in [-0.3, -0.25) is 0 Å². The van der Waals surface area contributed by atoms with E-state index >= 15 is 0 Å². The summed E-state index contributed by atoms with van der Waals surface area (Å²) in [4.78, 5) is 0. The van der Waals surface area contributed by atoms with Gasteiger partial charge in [0.1, 0.15) is 5.82 Å². The van der Waals surface area contributed by atoms with Crippen molar-refractivity contribution in [3.05, 3.63) is 53.3 Å². The molecular weight excluding hydrogens is 229 g/mol. The Morgan fingerprint density at radius 2 is 1.94 bits per heavy atom. The van der Waals surface area contributed by atoms with Crippen LogP contribution in [0.4, 0.5) is 21.5 Å². The van der Waals surface area contributed by atoms with Crippen LogP contribution in [-0.2, 0) is 0 Å². The maximum Gasteiger partial charge on any atom is 0.125 e. The Bertz CT molecular complexity index is 629. The Balaban J connectivity index is 2.39. The van der Waals surface area contributed by atoms with E-state index in [1.165, 1.54) is 12.1 Å². The first-order valence-corrected chi connectivity index (χ1v) is 5.43. The molecule has 0 aliphatic carbocycles. The normalized spacial score (nSPS) is 9.83. The van der Waals surface area contributed by atoms with Gasteiger partial charge in [-0.1, -0.05) is 6.07 Å². The Hall–Kier alpha value is -2.54. The molecule has 0 aliphatic rings. The molecule has 0 atom stereocenters. The average Bonchev–Trinajstić information content (AvgIpc) is 2.36. The van der Waals surface area contributed by atoms with Crippen molar-refractivity contribution in [2.45, 2.75) is 6.92 Å². The first kappa shape index (κ1) is 11.9. The van der Waals surface area contributed by atoms with Gasteiger partial charge < -0.3 is 11.1 Å². The van der Waals surface area contributed by atoms with Crippen LogP contribution in [0.5, 0.6) is 0 Å². The number of anilines is 3. The number of nitrogens with zero attached hydrogens (tertiary/aromatic N) is 1. The van der Waals surface area contributed by atoms with E-state index in [0.717, 1.165) is 5.56 Å². The van der Waals surface area contributed by atoms with Crippen molar-refractivity contribution in [2.75, 3.05) is 11.1 Å². The van der Waals surface area contributed by atoms with Gasteiger partial charge in [0.2, 0.25) is 0 Å². The van der Waals surface area contributed by atoms with Crippen molar-refractivity contribution in [3.63, 3.8) is 0 Å². The van der Waals surface area contributed by atoms with Gasteiger partial charge >= 0.3 is 0 Å². The summed E-state index contributed by atoms with van der Waals surface area (Å²) in [5.41, 5.74) is 8.96. The molecular formula is C14H12FN3. The first-order valence-electron chi connectivity index (χ1n) is 5.43. The van der Waals surface area contributed by atoms with Crippen molar-refractivity contribution in [3.8, 4) is 6.07 Å². The lowest BCUT2D eigenvalue weighted by Gasteiger charge is -2.12. The second-order valence-electron chi connectivity index (χ2n) is 4.00. The number of nitrogen functional groups attached to an aromatic ring is 1. The molecule has 0 aromatic heterocycles. The maximum atomic E-state index is 13.2. The van der Waals surface area contributed by atoms with Crippen LogP contribution in [-0.4, -0.2) is 0 Å². The molecule has 4 heteroatoms. The Morgan fingerprint density at radius 1 is 1.17 bits per heavy atom. The van der Waals surface area contributed by atoms with Crippen molar-refractivity contribution < 1.29 is 4.39 Å². The third-order valence-corrected chi connectivity index (χ3v) is 2.65. The molecule has 18 heavy (non-hydrogen) atoms. The van der Waals surface area contributed by atoms with Crippen LogP contribution in [0.15, 0.2) is 36.4 Å². The SMILES string of the molecule is Cc1ccc(F)cc1Nc1cc(C#N)ccc1N. The molecule has 0 saturated heterocycles. The van der Waals surface area contributed by atoms with E-state index in [4.69, 9.17) is 11.0 Å². The third-order valence-electron chi connectivity index (χ3n) is 2.65. The van der Waals surface area contributed by atoms with E-state index in [1.54, 1.807) is 24.3 Å². The molecule has 0 amide bonds. The highest BCUT2D eigenvalue weighted by atomic mass is 19.1. The summed E-state index contributed by atoms with van der Waals surface area (Å²) in [5, 5.41) is 11.9. The molecule has 2 aromatic rings. The zero-order chi connectivity index (χ0) is 13.1. The number of rotatable bonds is 2. The average molecular weight is 241 g/mol. The topological polar surface area (TPSA) is 61.8 Å². The fourth-order valence-electron chi connectivity index (χ4n) is 1.61. The largest absolute Gasteiger partial charge is 0.397 e. The standard InChI is InChI=1S/C14H12FN3/c1-9-2-4-11(15)7-13(9)18-14-6-10(8-16)3-5-12(14)17/h2-7,18H,17H2,1H3. The van der Waals surface area contributed by atoms with Crippen LogP contribution in [0, 0.1) is 24.1 Å². The first-order chi connectivity index (χ1) is 8.60. The Morgan fingerprint density at radius 3 is 2.67 bits per heavy atom. The maximum absolute atomic E-state index is 13.2. The summed E-state index contributed by atoms with van der Waals surface area (Å²) in [6.45, 7) is 1.87. The minimum Gasteiger partial charge on any atom is -0.397 e. The Kier molecular flexibility index (Phi) is 3.16. The number of nitrogens with one attached hydrogen (secondary N) is 1. The van der Waals surface area contributed by atoms with Gasteiger partial charge in [-0.2, -0.15) is 5.26 Å². The lowest BCUT2D eigenvalue weighted by Crippen LogP contribution is -1.99. The number of benzene rings is 2. The molecule has 0 saturated carbocycles. The van der Waals surface area contributed by atoms with Crippen molar-refractivity contribution in [2.24, 2.45) is 0 Å². The summed E-state index contributed by atoms with van der Waals surface area (Å²) in [6, 6.07) is 11.4. The van der Waals surface area contributed by atoms with Gasteiger partial charge in [0.15, 0.2) is 0 Å². The van der Waals surface area contributed by atoms with E-state index in [2.05, 4.69) is 5.32 Å². The fourth-order valence-corrected chi connectivity index (χ4v) is 1.61. The van der Waals surface area contributed by atoms with E-state index in [-0.39, 0.29) is 5.82 Å². The highest BCUT2D eigenvalue weighted by molar-refractivity contribution is 5.75. The molecule has 3 nitrogen and oxygen atoms in total. The summed E-state index contributed by atoms with van der Waals surface area (Å²) in [6.07, 6.45) is 0. The van der Waals surface area contributed by atoms with Crippen LogP contribution >= 0.6 is 0 Å². The van der Waals surface area contributed by atoms with E-state index in [0.29, 0.717) is 22.6 Å². The molecule has 90 valence electrons. The lowest BCUT2D eigenvalue weighted by atomic mass is 10.1. The summed E-state index contributed by atoms with van der Waals surface area (Å²) in [5.74, 6) is -0.321. The molecule has 0 aliphatic heterocycles. The van der Waals surface area contributed by atoms with E-state index in [1.807, 2.05) is 13.0 Å². The molecule has 3 N–H and O–H groups in total. The lowest BCUT2D eigenvalue weighted by molar-refractivity contribution is 0.628. The summed E-state index contributed by atoms with van der Waals surface area (Å²) < 4.78 is 13.2.